The Morgan fingerprint density at radius 3 is 2.11 bits per heavy atom. The summed E-state index contributed by atoms with van der Waals surface area (Å²) in [6.45, 7) is 15.4. The van der Waals surface area contributed by atoms with Crippen LogP contribution >= 0.6 is 0 Å². The summed E-state index contributed by atoms with van der Waals surface area (Å²) in [5, 5.41) is 65.6. The molecule has 0 bridgehead atoms. The molecule has 0 aromatic rings. The van der Waals surface area contributed by atoms with Gasteiger partial charge in [-0.15, -0.1) is 0 Å². The van der Waals surface area contributed by atoms with Gasteiger partial charge in [-0.3, -0.25) is 0 Å². The third-order valence-corrected chi connectivity index (χ3v) is 15.6. The molecule has 2 aliphatic heterocycles. The van der Waals surface area contributed by atoms with Crippen molar-refractivity contribution in [1.82, 2.24) is 0 Å². The van der Waals surface area contributed by atoms with Crippen LogP contribution < -0.4 is 0 Å². The molecule has 7 aliphatic rings. The lowest BCUT2D eigenvalue weighted by molar-refractivity contribution is -0.306. The van der Waals surface area contributed by atoms with E-state index in [1.54, 1.807) is 0 Å². The Morgan fingerprint density at radius 1 is 0.750 bits per heavy atom. The van der Waals surface area contributed by atoms with Crippen molar-refractivity contribution in [1.29, 1.82) is 0 Å². The molecule has 5 saturated carbocycles. The number of aliphatic hydroxyl groups is 6. The minimum Gasteiger partial charge on any atom is -0.393 e. The quantitative estimate of drug-likeness (QED) is 0.260. The molecule has 5 aliphatic carbocycles. The van der Waals surface area contributed by atoms with Gasteiger partial charge in [0.15, 0.2) is 6.29 Å². The monoisotopic (exact) mass is 622 g/mol. The van der Waals surface area contributed by atoms with Crippen molar-refractivity contribution in [2.24, 2.45) is 50.7 Å². The Balaban J connectivity index is 1.15. The highest BCUT2D eigenvalue weighted by atomic mass is 16.7. The second-order valence-electron chi connectivity index (χ2n) is 18.3. The molecule has 252 valence electrons. The number of rotatable bonds is 4. The normalized spacial score (nSPS) is 59.8. The molecule has 0 radical (unpaired) electrons. The molecule has 2 spiro atoms. The molecular formula is C35H58O9. The Labute approximate surface area is 262 Å². The summed E-state index contributed by atoms with van der Waals surface area (Å²) >= 11 is 0. The largest absolute Gasteiger partial charge is 0.393 e. The van der Waals surface area contributed by atoms with Crippen molar-refractivity contribution in [3.05, 3.63) is 0 Å². The van der Waals surface area contributed by atoms with E-state index in [-0.39, 0.29) is 52.1 Å². The van der Waals surface area contributed by atoms with Gasteiger partial charge < -0.3 is 44.8 Å². The zero-order valence-corrected chi connectivity index (χ0v) is 27.8. The van der Waals surface area contributed by atoms with Gasteiger partial charge in [0.1, 0.15) is 18.3 Å². The Morgan fingerprint density at radius 2 is 1.45 bits per heavy atom. The molecule has 44 heavy (non-hydrogen) atoms. The molecule has 0 unspecified atom stereocenters. The summed E-state index contributed by atoms with van der Waals surface area (Å²) in [6, 6.07) is 0. The standard InChI is InChI=1S/C35H58O9/c1-29(2)23(44-28-25(40)24(39)21(38)16-42-28)8-9-35-17-34(35)11-10-31(5)27(33(7)13-18(15-43-33)30(3,4)41)20(37)14-32(31,6)22(34)12-19(36)26(29)35/h18-28,36-41H,8-17H2,1-7H3/t18-,19-,20-,21+,22-,23-,24-,25+,26-,27-,28-,31+,32-,33-,34-,35+/m0/s1. The summed E-state index contributed by atoms with van der Waals surface area (Å²) in [7, 11) is 0. The lowest BCUT2D eigenvalue weighted by atomic mass is 9.41. The molecule has 6 N–H and O–H groups in total. The first kappa shape index (κ1) is 32.2. The van der Waals surface area contributed by atoms with Gasteiger partial charge in [0.25, 0.3) is 0 Å². The average molecular weight is 623 g/mol. The molecule has 0 amide bonds. The van der Waals surface area contributed by atoms with Crippen LogP contribution in [-0.4, -0.2) is 98.0 Å². The average Bonchev–Trinajstić information content (AvgIpc) is 3.27. The first-order chi connectivity index (χ1) is 20.3. The van der Waals surface area contributed by atoms with E-state index in [9.17, 15) is 30.6 Å². The van der Waals surface area contributed by atoms with Crippen molar-refractivity contribution >= 4 is 0 Å². The number of ether oxygens (including phenoxy) is 3. The van der Waals surface area contributed by atoms with Gasteiger partial charge in [-0.2, -0.15) is 0 Å². The molecule has 16 atom stereocenters. The van der Waals surface area contributed by atoms with Crippen LogP contribution in [0.2, 0.25) is 0 Å². The van der Waals surface area contributed by atoms with Crippen LogP contribution in [0, 0.1) is 50.7 Å². The minimum absolute atomic E-state index is 0.00753. The molecule has 2 saturated heterocycles. The maximum atomic E-state index is 12.1. The van der Waals surface area contributed by atoms with Crippen LogP contribution in [-0.2, 0) is 14.2 Å². The van der Waals surface area contributed by atoms with Crippen LogP contribution in [0.25, 0.3) is 0 Å². The van der Waals surface area contributed by atoms with E-state index in [1.807, 2.05) is 13.8 Å². The fraction of sp³-hybridized carbons (Fsp3) is 1.00. The summed E-state index contributed by atoms with van der Waals surface area (Å²) in [6.07, 6.45) is 0.945. The van der Waals surface area contributed by atoms with E-state index >= 15 is 0 Å². The van der Waals surface area contributed by atoms with Crippen LogP contribution in [0.4, 0.5) is 0 Å². The SMILES string of the molecule is CC(C)(O)[C@@H]1CO[C@](C)([C@H]2[C@@H](O)C[C@@]3(C)[C@@H]4C[C@H](O)[C@H]5C(C)(C)[C@@H](O[C@@H]6OC[C@@H](O)[C@H](O)[C@H]6O)CC[C@@]56C[C@@]46CC[C@]23C)C1. The van der Waals surface area contributed by atoms with E-state index in [0.29, 0.717) is 25.4 Å². The van der Waals surface area contributed by atoms with Crippen molar-refractivity contribution in [3.8, 4) is 0 Å². The van der Waals surface area contributed by atoms with E-state index in [1.165, 1.54) is 0 Å². The van der Waals surface area contributed by atoms with Gasteiger partial charge in [0.05, 0.1) is 42.7 Å². The predicted octanol–water partition coefficient (Wildman–Crippen LogP) is 2.76. The number of fused-ring (bicyclic) bond motifs is 2. The van der Waals surface area contributed by atoms with Crippen LogP contribution in [0.1, 0.15) is 99.8 Å². The summed E-state index contributed by atoms with van der Waals surface area (Å²) in [5.74, 6) is 0.315. The number of hydrogen-bond acceptors (Lipinski definition) is 9. The minimum atomic E-state index is -1.33. The highest BCUT2D eigenvalue weighted by Crippen LogP contribution is 2.89. The summed E-state index contributed by atoms with van der Waals surface area (Å²) in [4.78, 5) is 0. The fourth-order valence-electron chi connectivity index (χ4n) is 13.4. The maximum Gasteiger partial charge on any atom is 0.186 e. The van der Waals surface area contributed by atoms with E-state index < -0.39 is 53.4 Å². The van der Waals surface area contributed by atoms with Gasteiger partial charge >= 0.3 is 0 Å². The highest BCUT2D eigenvalue weighted by Gasteiger charge is 2.85. The molecule has 9 nitrogen and oxygen atoms in total. The van der Waals surface area contributed by atoms with Crippen molar-refractivity contribution < 1.29 is 44.8 Å². The molecule has 0 aromatic carbocycles. The highest BCUT2D eigenvalue weighted by molar-refractivity contribution is 5.33. The molecule has 0 aromatic heterocycles. The fourth-order valence-corrected chi connectivity index (χ4v) is 13.4. The van der Waals surface area contributed by atoms with Crippen LogP contribution in [0.3, 0.4) is 0 Å². The lowest BCUT2D eigenvalue weighted by Crippen LogP contribution is -2.63. The van der Waals surface area contributed by atoms with E-state index in [4.69, 9.17) is 14.2 Å². The van der Waals surface area contributed by atoms with Gasteiger partial charge in [0.2, 0.25) is 0 Å². The second-order valence-corrected chi connectivity index (χ2v) is 18.3. The predicted molar refractivity (Wildman–Crippen MR) is 161 cm³/mol. The van der Waals surface area contributed by atoms with E-state index in [2.05, 4.69) is 34.6 Å². The third-order valence-electron chi connectivity index (χ3n) is 15.6. The zero-order chi connectivity index (χ0) is 32.0. The topological polar surface area (TPSA) is 149 Å². The number of aliphatic hydroxyl groups excluding tert-OH is 5. The molecule has 7 fully saturated rings. The van der Waals surface area contributed by atoms with Gasteiger partial charge in [-0.25, -0.2) is 0 Å². The smallest absolute Gasteiger partial charge is 0.186 e. The number of hydrogen-bond donors (Lipinski definition) is 6. The maximum absolute atomic E-state index is 12.1. The summed E-state index contributed by atoms with van der Waals surface area (Å²) < 4.78 is 18.6. The van der Waals surface area contributed by atoms with Gasteiger partial charge in [-0.1, -0.05) is 27.7 Å². The zero-order valence-electron chi connectivity index (χ0n) is 27.8. The van der Waals surface area contributed by atoms with Crippen molar-refractivity contribution in [2.45, 2.75) is 154 Å². The first-order valence-corrected chi connectivity index (χ1v) is 17.3. The molecule has 9 heteroatoms. The Hall–Kier alpha value is -0.360. The molecular weight excluding hydrogens is 564 g/mol. The van der Waals surface area contributed by atoms with Gasteiger partial charge in [-0.05, 0) is 111 Å². The van der Waals surface area contributed by atoms with E-state index in [0.717, 1.165) is 38.5 Å². The molecule has 2 heterocycles. The Kier molecular flexibility index (Phi) is 7.04. The van der Waals surface area contributed by atoms with Crippen LogP contribution in [0.5, 0.6) is 0 Å². The Bertz CT molecular complexity index is 1160. The lowest BCUT2D eigenvalue weighted by Gasteiger charge is -2.64. The van der Waals surface area contributed by atoms with Crippen LogP contribution in [0.15, 0.2) is 0 Å². The third kappa shape index (κ3) is 3.97. The first-order valence-electron chi connectivity index (χ1n) is 17.3. The van der Waals surface area contributed by atoms with Gasteiger partial charge in [0, 0.05) is 11.8 Å². The summed E-state index contributed by atoms with van der Waals surface area (Å²) in [5.41, 5.74) is -1.92. The van der Waals surface area contributed by atoms with Crippen molar-refractivity contribution in [3.63, 3.8) is 0 Å². The molecule has 7 rings (SSSR count). The second kappa shape index (κ2) is 9.63. The van der Waals surface area contributed by atoms with Crippen molar-refractivity contribution in [2.75, 3.05) is 13.2 Å².